The maximum Gasteiger partial charge on any atom is 0.136 e. The number of para-hydroxylation sites is 1. The van der Waals surface area contributed by atoms with Gasteiger partial charge in [0, 0.05) is 33.1 Å². The summed E-state index contributed by atoms with van der Waals surface area (Å²) in [6, 6.07) is 79.2. The van der Waals surface area contributed by atoms with Crippen molar-refractivity contribution in [2.75, 3.05) is 4.90 Å². The molecule has 2 nitrogen and oxygen atoms in total. The van der Waals surface area contributed by atoms with Crippen LogP contribution < -0.4 is 4.90 Å². The van der Waals surface area contributed by atoms with Crippen molar-refractivity contribution in [2.45, 2.75) is 24.7 Å². The Kier molecular flexibility index (Phi) is 7.13. The summed E-state index contributed by atoms with van der Waals surface area (Å²) in [5.74, 6) is 0. The predicted molar refractivity (Wildman–Crippen MR) is 265 cm³/mol. The number of furan rings is 1. The van der Waals surface area contributed by atoms with E-state index in [0.717, 1.165) is 50.1 Å². The molecule has 300 valence electrons. The summed E-state index contributed by atoms with van der Waals surface area (Å²) in [6.45, 7) is 4.75. The Morgan fingerprint density at radius 2 is 0.891 bits per heavy atom. The van der Waals surface area contributed by atoms with Crippen LogP contribution in [0.2, 0.25) is 0 Å². The molecule has 0 saturated heterocycles. The number of fused-ring (bicyclic) bond motifs is 17. The Balaban J connectivity index is 1.10. The van der Waals surface area contributed by atoms with Crippen LogP contribution in [0, 0.1) is 0 Å². The minimum absolute atomic E-state index is 0.180. The standard InChI is InChI=1S/C62H41NO/c1-61(2)50-22-10-5-17-43(50)47-31-29-41(36-54(47)61)63(56-33-34-58-60(49-21-9-14-26-57(49)64-58)59(56)40-28-27-38-15-3-4-16-39(38)35-40)42-30-32-48-46-20-8-13-25-53(46)62(55(48)37-42)51-23-11-6-18-44(51)45-19-7-12-24-52(45)62/h3-37H,1-2H3. The average molecular weight is 816 g/mol. The fourth-order valence-electron chi connectivity index (χ4n) is 12.1. The molecule has 0 N–H and O–H groups in total. The Morgan fingerprint density at radius 3 is 1.56 bits per heavy atom. The van der Waals surface area contributed by atoms with Gasteiger partial charge < -0.3 is 9.32 Å². The van der Waals surface area contributed by atoms with Gasteiger partial charge in [0.15, 0.2) is 0 Å². The van der Waals surface area contributed by atoms with Gasteiger partial charge in [-0.25, -0.2) is 0 Å². The zero-order chi connectivity index (χ0) is 42.3. The van der Waals surface area contributed by atoms with E-state index in [0.29, 0.717) is 0 Å². The molecular weight excluding hydrogens is 775 g/mol. The van der Waals surface area contributed by atoms with Crippen molar-refractivity contribution in [2.24, 2.45) is 0 Å². The lowest BCUT2D eigenvalue weighted by molar-refractivity contribution is 0.660. The molecule has 1 aromatic heterocycles. The average Bonchev–Trinajstić information content (AvgIpc) is 4.03. The maximum absolute atomic E-state index is 6.68. The third kappa shape index (κ3) is 4.59. The first-order valence-electron chi connectivity index (χ1n) is 22.4. The first-order valence-corrected chi connectivity index (χ1v) is 22.4. The van der Waals surface area contributed by atoms with Gasteiger partial charge in [0.2, 0.25) is 0 Å². The minimum Gasteiger partial charge on any atom is -0.456 e. The fourth-order valence-corrected chi connectivity index (χ4v) is 12.1. The van der Waals surface area contributed by atoms with Crippen molar-refractivity contribution in [3.8, 4) is 44.5 Å². The molecule has 1 heterocycles. The molecule has 10 aromatic carbocycles. The maximum atomic E-state index is 6.68. The van der Waals surface area contributed by atoms with Crippen LogP contribution in [0.5, 0.6) is 0 Å². The molecule has 0 fully saturated rings. The number of hydrogen-bond acceptors (Lipinski definition) is 2. The molecular formula is C62H41NO. The highest BCUT2D eigenvalue weighted by atomic mass is 16.3. The highest BCUT2D eigenvalue weighted by Gasteiger charge is 2.51. The zero-order valence-corrected chi connectivity index (χ0v) is 35.6. The van der Waals surface area contributed by atoms with E-state index in [9.17, 15) is 0 Å². The molecule has 64 heavy (non-hydrogen) atoms. The number of rotatable bonds is 4. The van der Waals surface area contributed by atoms with Gasteiger partial charge in [0.1, 0.15) is 11.2 Å². The van der Waals surface area contributed by atoms with Crippen molar-refractivity contribution >= 4 is 49.8 Å². The summed E-state index contributed by atoms with van der Waals surface area (Å²) in [4.78, 5) is 2.54. The third-order valence-corrected chi connectivity index (χ3v) is 14.9. The molecule has 3 aliphatic rings. The van der Waals surface area contributed by atoms with E-state index in [2.05, 4.69) is 231 Å². The van der Waals surface area contributed by atoms with Crippen molar-refractivity contribution < 1.29 is 4.42 Å². The lowest BCUT2D eigenvalue weighted by atomic mass is 9.70. The Labute approximate surface area is 372 Å². The second-order valence-corrected chi connectivity index (χ2v) is 18.3. The van der Waals surface area contributed by atoms with E-state index in [1.54, 1.807) is 0 Å². The molecule has 0 saturated carbocycles. The van der Waals surface area contributed by atoms with Gasteiger partial charge in [-0.3, -0.25) is 0 Å². The van der Waals surface area contributed by atoms with Crippen molar-refractivity contribution in [3.05, 3.63) is 246 Å². The minimum atomic E-state index is -0.478. The van der Waals surface area contributed by atoms with Crippen LogP contribution in [0.25, 0.3) is 77.2 Å². The van der Waals surface area contributed by atoms with Crippen LogP contribution in [-0.2, 0) is 10.8 Å². The number of nitrogens with zero attached hydrogens (tertiary/aromatic N) is 1. The van der Waals surface area contributed by atoms with E-state index >= 15 is 0 Å². The van der Waals surface area contributed by atoms with Gasteiger partial charge in [-0.1, -0.05) is 178 Å². The summed E-state index contributed by atoms with van der Waals surface area (Å²) in [5.41, 5.74) is 22.6. The molecule has 2 heteroatoms. The SMILES string of the molecule is CC1(C)c2ccccc2-c2ccc(N(c3ccc4c(c3)C3(c5ccccc5-c5ccccc53)c3ccccc3-4)c3ccc4oc5ccccc5c4c3-c3ccc4ccccc4c3)cc21. The second kappa shape index (κ2) is 12.8. The van der Waals surface area contributed by atoms with Crippen LogP contribution in [0.3, 0.4) is 0 Å². The predicted octanol–water partition coefficient (Wildman–Crippen LogP) is 16.5. The summed E-state index contributed by atoms with van der Waals surface area (Å²) < 4.78 is 6.68. The van der Waals surface area contributed by atoms with Gasteiger partial charge in [-0.15, -0.1) is 0 Å². The van der Waals surface area contributed by atoms with E-state index in [4.69, 9.17) is 4.42 Å². The van der Waals surface area contributed by atoms with Crippen LogP contribution in [0.4, 0.5) is 17.1 Å². The molecule has 0 unspecified atom stereocenters. The molecule has 3 aliphatic carbocycles. The largest absolute Gasteiger partial charge is 0.456 e. The Morgan fingerprint density at radius 1 is 0.375 bits per heavy atom. The van der Waals surface area contributed by atoms with E-state index in [-0.39, 0.29) is 5.41 Å². The van der Waals surface area contributed by atoms with Gasteiger partial charge in [-0.05, 0) is 132 Å². The van der Waals surface area contributed by atoms with Crippen molar-refractivity contribution in [1.82, 2.24) is 0 Å². The Hall–Kier alpha value is -7.94. The summed E-state index contributed by atoms with van der Waals surface area (Å²) in [5, 5.41) is 4.64. The summed E-state index contributed by atoms with van der Waals surface area (Å²) in [6.07, 6.45) is 0. The normalized spacial score (nSPS) is 14.3. The molecule has 1 spiro atoms. The molecule has 0 bridgehead atoms. The van der Waals surface area contributed by atoms with Crippen LogP contribution in [0.15, 0.2) is 217 Å². The Bertz CT molecular complexity index is 3730. The number of benzene rings is 10. The van der Waals surface area contributed by atoms with Gasteiger partial charge in [-0.2, -0.15) is 0 Å². The van der Waals surface area contributed by atoms with Gasteiger partial charge >= 0.3 is 0 Å². The van der Waals surface area contributed by atoms with Crippen LogP contribution in [0.1, 0.15) is 47.2 Å². The first kappa shape index (κ1) is 35.6. The molecule has 11 aromatic rings. The third-order valence-electron chi connectivity index (χ3n) is 14.9. The zero-order valence-electron chi connectivity index (χ0n) is 35.6. The highest BCUT2D eigenvalue weighted by Crippen LogP contribution is 2.64. The quantitative estimate of drug-likeness (QED) is 0.176. The van der Waals surface area contributed by atoms with E-state index in [1.165, 1.54) is 77.5 Å². The monoisotopic (exact) mass is 815 g/mol. The van der Waals surface area contributed by atoms with Gasteiger partial charge in [0.05, 0.1) is 11.1 Å². The van der Waals surface area contributed by atoms with Crippen molar-refractivity contribution in [1.29, 1.82) is 0 Å². The van der Waals surface area contributed by atoms with Gasteiger partial charge in [0.25, 0.3) is 0 Å². The first-order chi connectivity index (χ1) is 31.5. The highest BCUT2D eigenvalue weighted by molar-refractivity contribution is 6.17. The second-order valence-electron chi connectivity index (χ2n) is 18.3. The molecule has 0 aliphatic heterocycles. The number of hydrogen-bond donors (Lipinski definition) is 0. The molecule has 0 atom stereocenters. The lowest BCUT2D eigenvalue weighted by Gasteiger charge is -2.33. The summed E-state index contributed by atoms with van der Waals surface area (Å²) in [7, 11) is 0. The number of anilines is 3. The van der Waals surface area contributed by atoms with Crippen LogP contribution >= 0.6 is 0 Å². The van der Waals surface area contributed by atoms with Crippen molar-refractivity contribution in [3.63, 3.8) is 0 Å². The molecule has 0 radical (unpaired) electrons. The fraction of sp³-hybridized carbons (Fsp3) is 0.0645. The van der Waals surface area contributed by atoms with E-state index in [1.807, 2.05) is 0 Å². The molecule has 14 rings (SSSR count). The smallest absolute Gasteiger partial charge is 0.136 e. The summed E-state index contributed by atoms with van der Waals surface area (Å²) >= 11 is 0. The lowest BCUT2D eigenvalue weighted by Crippen LogP contribution is -2.26. The molecule has 0 amide bonds. The van der Waals surface area contributed by atoms with E-state index < -0.39 is 5.41 Å². The topological polar surface area (TPSA) is 16.4 Å². The van der Waals surface area contributed by atoms with Crippen LogP contribution in [-0.4, -0.2) is 0 Å².